The zero-order chi connectivity index (χ0) is 49.9. The lowest BCUT2D eigenvalue weighted by molar-refractivity contribution is -0.147. The SMILES string of the molecule is CN[C@@H](C)C(=O)NC(C(=O)N1C[C@@H](c2ccc3c(c2)CN(C(=O)[C@@H](NC(=O)[C@H](C)NC)C(C)(C)C)[C@H](C(=O)N[C@@H]2CCCc4ccccc42)C3)C[C@H]1C(=O)N[C@@H]1CCCc2ccccc21)C(C)(C)C. The van der Waals surface area contributed by atoms with E-state index in [2.05, 4.69) is 62.2 Å². The number of nitrogens with zero attached hydrogens (tertiary/aromatic N) is 2. The van der Waals surface area contributed by atoms with Gasteiger partial charge in [0.05, 0.1) is 24.2 Å². The normalized spacial score (nSPS) is 23.0. The van der Waals surface area contributed by atoms with Crippen molar-refractivity contribution in [3.8, 4) is 0 Å². The van der Waals surface area contributed by atoms with E-state index in [1.54, 1.807) is 37.7 Å². The minimum Gasteiger partial charge on any atom is -0.347 e. The predicted octanol–water partition coefficient (Wildman–Crippen LogP) is 5.29. The van der Waals surface area contributed by atoms with Gasteiger partial charge in [-0.1, -0.05) is 108 Å². The molecule has 2 aliphatic carbocycles. The van der Waals surface area contributed by atoms with Crippen LogP contribution in [0, 0.1) is 10.8 Å². The molecule has 6 amide bonds. The van der Waals surface area contributed by atoms with Gasteiger partial charge in [0, 0.05) is 25.4 Å². The summed E-state index contributed by atoms with van der Waals surface area (Å²) < 4.78 is 0. The maximum atomic E-state index is 15.1. The number of likely N-dealkylation sites (N-methyl/N-ethyl adjacent to an activating group) is 2. The lowest BCUT2D eigenvalue weighted by Crippen LogP contribution is -2.62. The van der Waals surface area contributed by atoms with Crippen LogP contribution < -0.4 is 31.9 Å². The number of nitrogens with one attached hydrogen (secondary N) is 6. The minimum absolute atomic E-state index is 0.119. The zero-order valence-electron chi connectivity index (χ0n) is 42.5. The fourth-order valence-corrected chi connectivity index (χ4v) is 10.7. The number of benzene rings is 3. The molecular weight excluding hydrogens is 869 g/mol. The van der Waals surface area contributed by atoms with Crippen molar-refractivity contribution in [3.05, 3.63) is 106 Å². The molecule has 2 aliphatic heterocycles. The second-order valence-corrected chi connectivity index (χ2v) is 22.1. The van der Waals surface area contributed by atoms with E-state index in [0.29, 0.717) is 6.42 Å². The number of amides is 6. The van der Waals surface area contributed by atoms with Crippen molar-refractivity contribution in [1.29, 1.82) is 0 Å². The van der Waals surface area contributed by atoms with Gasteiger partial charge in [0.2, 0.25) is 35.4 Å². The van der Waals surface area contributed by atoms with E-state index in [9.17, 15) is 24.0 Å². The molecule has 14 heteroatoms. The first-order valence-corrected chi connectivity index (χ1v) is 25.1. The third-order valence-corrected chi connectivity index (χ3v) is 15.1. The summed E-state index contributed by atoms with van der Waals surface area (Å²) in [6.07, 6.45) is 5.95. The molecule has 0 aromatic heterocycles. The van der Waals surface area contributed by atoms with Crippen molar-refractivity contribution in [2.45, 2.75) is 168 Å². The fraction of sp³-hybridized carbons (Fsp3) is 0.564. The van der Waals surface area contributed by atoms with Crippen LogP contribution in [0.3, 0.4) is 0 Å². The van der Waals surface area contributed by atoms with Crippen molar-refractivity contribution >= 4 is 35.4 Å². The Morgan fingerprint density at radius 2 is 1.07 bits per heavy atom. The average molecular weight is 945 g/mol. The number of carbonyl (C=O) groups excluding carboxylic acids is 6. The van der Waals surface area contributed by atoms with Gasteiger partial charge in [-0.25, -0.2) is 0 Å². The van der Waals surface area contributed by atoms with Crippen molar-refractivity contribution in [1.82, 2.24) is 41.7 Å². The third-order valence-electron chi connectivity index (χ3n) is 15.1. The topological polar surface area (TPSA) is 181 Å². The molecule has 1 unspecified atom stereocenters. The zero-order valence-corrected chi connectivity index (χ0v) is 42.5. The molecule has 14 nitrogen and oxygen atoms in total. The summed E-state index contributed by atoms with van der Waals surface area (Å²) in [5, 5.41) is 18.6. The molecule has 2 heterocycles. The van der Waals surface area contributed by atoms with Gasteiger partial charge in [-0.2, -0.15) is 0 Å². The largest absolute Gasteiger partial charge is 0.347 e. The van der Waals surface area contributed by atoms with E-state index in [-0.39, 0.29) is 73.0 Å². The average Bonchev–Trinajstić information content (AvgIpc) is 3.79. The van der Waals surface area contributed by atoms with Crippen LogP contribution in [0.15, 0.2) is 66.7 Å². The van der Waals surface area contributed by atoms with E-state index >= 15 is 4.79 Å². The summed E-state index contributed by atoms with van der Waals surface area (Å²) in [6, 6.07) is 17.5. The molecule has 7 rings (SSSR count). The van der Waals surface area contributed by atoms with Crippen LogP contribution in [-0.2, 0) is 54.6 Å². The van der Waals surface area contributed by atoms with Crippen LogP contribution in [0.2, 0.25) is 0 Å². The maximum absolute atomic E-state index is 15.1. The quantitative estimate of drug-likeness (QED) is 0.134. The van der Waals surface area contributed by atoms with E-state index in [1.807, 2.05) is 77.9 Å². The number of aryl methyl sites for hydroxylation is 2. The molecule has 4 aliphatic rings. The molecule has 69 heavy (non-hydrogen) atoms. The Labute approximate surface area is 409 Å². The van der Waals surface area contributed by atoms with Gasteiger partial charge in [-0.15, -0.1) is 0 Å². The van der Waals surface area contributed by atoms with Gasteiger partial charge >= 0.3 is 0 Å². The Bertz CT molecular complexity index is 2410. The number of rotatable bonds is 13. The predicted molar refractivity (Wildman–Crippen MR) is 268 cm³/mol. The van der Waals surface area contributed by atoms with Crippen LogP contribution in [0.25, 0.3) is 0 Å². The van der Waals surface area contributed by atoms with Gasteiger partial charge in [-0.3, -0.25) is 28.8 Å². The Kier molecular flexibility index (Phi) is 15.7. The number of hydrogen-bond acceptors (Lipinski definition) is 8. The number of likely N-dealkylation sites (tertiary alicyclic amines) is 1. The Balaban J connectivity index is 1.22. The van der Waals surface area contributed by atoms with E-state index < -0.39 is 47.1 Å². The van der Waals surface area contributed by atoms with E-state index in [4.69, 9.17) is 0 Å². The molecular formula is C55H76N8O6. The summed E-state index contributed by atoms with van der Waals surface area (Å²) in [4.78, 5) is 89.5. The van der Waals surface area contributed by atoms with Crippen molar-refractivity contribution < 1.29 is 28.8 Å². The van der Waals surface area contributed by atoms with Crippen LogP contribution in [0.4, 0.5) is 0 Å². The van der Waals surface area contributed by atoms with Crippen LogP contribution in [0.1, 0.15) is 144 Å². The molecule has 0 spiro atoms. The lowest BCUT2D eigenvalue weighted by Gasteiger charge is -2.42. The molecule has 372 valence electrons. The second kappa shape index (κ2) is 21.2. The van der Waals surface area contributed by atoms with Crippen LogP contribution in [0.5, 0.6) is 0 Å². The summed E-state index contributed by atoms with van der Waals surface area (Å²) in [7, 11) is 3.39. The summed E-state index contributed by atoms with van der Waals surface area (Å²) >= 11 is 0. The number of carbonyl (C=O) groups is 6. The highest BCUT2D eigenvalue weighted by molar-refractivity contribution is 5.95. The lowest BCUT2D eigenvalue weighted by atomic mass is 9.83. The molecule has 1 fully saturated rings. The van der Waals surface area contributed by atoms with Gasteiger partial charge < -0.3 is 41.7 Å². The van der Waals surface area contributed by atoms with Crippen molar-refractivity contribution in [3.63, 3.8) is 0 Å². The van der Waals surface area contributed by atoms with Crippen LogP contribution in [-0.4, -0.2) is 102 Å². The molecule has 0 radical (unpaired) electrons. The monoisotopic (exact) mass is 945 g/mol. The highest BCUT2D eigenvalue weighted by Crippen LogP contribution is 2.39. The van der Waals surface area contributed by atoms with Gasteiger partial charge in [0.25, 0.3) is 0 Å². The summed E-state index contributed by atoms with van der Waals surface area (Å²) in [5.74, 6) is -2.04. The fourth-order valence-electron chi connectivity index (χ4n) is 10.7. The smallest absolute Gasteiger partial charge is 0.246 e. The third kappa shape index (κ3) is 11.4. The first-order chi connectivity index (χ1) is 32.7. The molecule has 1 saturated heterocycles. The second-order valence-electron chi connectivity index (χ2n) is 22.1. The first kappa shape index (κ1) is 51.3. The van der Waals surface area contributed by atoms with Crippen molar-refractivity contribution in [2.24, 2.45) is 10.8 Å². The van der Waals surface area contributed by atoms with Gasteiger partial charge in [0.15, 0.2) is 0 Å². The highest BCUT2D eigenvalue weighted by atomic mass is 16.2. The van der Waals surface area contributed by atoms with Gasteiger partial charge in [0.1, 0.15) is 24.2 Å². The Hall–Kier alpha value is -5.60. The number of fused-ring (bicyclic) bond motifs is 3. The molecule has 9 atom stereocenters. The molecule has 3 aromatic rings. The molecule has 0 saturated carbocycles. The molecule has 6 N–H and O–H groups in total. The minimum atomic E-state index is -0.937. The summed E-state index contributed by atoms with van der Waals surface area (Å²) in [6.45, 7) is 15.3. The summed E-state index contributed by atoms with van der Waals surface area (Å²) in [5.41, 5.74) is 5.94. The number of hydrogen-bond donors (Lipinski definition) is 6. The Morgan fingerprint density at radius 1 is 0.594 bits per heavy atom. The highest BCUT2D eigenvalue weighted by Gasteiger charge is 2.47. The van der Waals surface area contributed by atoms with Crippen molar-refractivity contribution in [2.75, 3.05) is 20.6 Å². The molecule has 0 bridgehead atoms. The van der Waals surface area contributed by atoms with E-state index in [1.165, 1.54) is 11.1 Å². The van der Waals surface area contributed by atoms with E-state index in [0.717, 1.165) is 66.3 Å². The molecule has 3 aromatic carbocycles. The standard InChI is InChI=1S/C55H76N8O6/c1-32(56-9)48(64)60-46(54(3,4)5)52(68)62-30-38-27-36(25-26-37(38)28-44(62)50(66)58-42-23-15-19-34-17-11-13-21-40(34)42)39-29-45(51(67)59-43-24-16-20-35-18-12-14-22-41(35)43)63(31-39)53(69)47(55(6,7)8)61-49(65)33(2)57-10/h11-14,17-18,21-22,25-27,32-33,39,42-47,56-57H,15-16,19-20,23-24,28-31H2,1-10H3,(H,58,66)(H,59,67)(H,60,64)(H,61,65)/t32-,33-,39-,42+,43+,44-,45-,46+,47?/m0/s1. The van der Waals surface area contributed by atoms with Crippen LogP contribution >= 0.6 is 0 Å². The van der Waals surface area contributed by atoms with Gasteiger partial charge in [-0.05, 0) is 123 Å². The first-order valence-electron chi connectivity index (χ1n) is 25.1. The maximum Gasteiger partial charge on any atom is 0.246 e. The Morgan fingerprint density at radius 3 is 1.57 bits per heavy atom.